The lowest BCUT2D eigenvalue weighted by molar-refractivity contribution is -0.124. The summed E-state index contributed by atoms with van der Waals surface area (Å²) in [7, 11) is 0. The molecule has 2 N–H and O–H groups in total. The standard InChI is InChI=1S/C18H16ClNO4/c1-12(21)9-13-5-7-17(14(10-13)6-8-18(22)20-23)24-16-4-2-3-15(19)11-16/h2-8,10-11,23H,9H2,1H3,(H,20,22)/b8-6+. The Balaban J connectivity index is 2.35. The second-order valence-corrected chi connectivity index (χ2v) is 5.56. The molecule has 0 fully saturated rings. The van der Waals surface area contributed by atoms with Crippen molar-refractivity contribution in [3.05, 3.63) is 64.7 Å². The van der Waals surface area contributed by atoms with Crippen molar-refractivity contribution in [2.24, 2.45) is 0 Å². The monoisotopic (exact) mass is 345 g/mol. The second kappa shape index (κ2) is 8.29. The molecule has 124 valence electrons. The van der Waals surface area contributed by atoms with Gasteiger partial charge in [0.2, 0.25) is 0 Å². The lowest BCUT2D eigenvalue weighted by Gasteiger charge is -2.11. The Morgan fingerprint density at radius 1 is 1.25 bits per heavy atom. The van der Waals surface area contributed by atoms with Crippen LogP contribution in [0.2, 0.25) is 5.02 Å². The maximum absolute atomic E-state index is 11.3. The molecule has 2 rings (SSSR count). The van der Waals surface area contributed by atoms with Gasteiger partial charge in [-0.15, -0.1) is 0 Å². The van der Waals surface area contributed by atoms with Crippen LogP contribution in [0.4, 0.5) is 0 Å². The van der Waals surface area contributed by atoms with Crippen LogP contribution in [0.1, 0.15) is 18.1 Å². The molecule has 2 aromatic carbocycles. The first-order chi connectivity index (χ1) is 11.5. The van der Waals surface area contributed by atoms with Gasteiger partial charge in [0.05, 0.1) is 0 Å². The van der Waals surface area contributed by atoms with Crippen LogP contribution in [0.25, 0.3) is 6.08 Å². The summed E-state index contributed by atoms with van der Waals surface area (Å²) < 4.78 is 5.80. The third-order valence-corrected chi connectivity index (χ3v) is 3.31. The van der Waals surface area contributed by atoms with E-state index in [0.29, 0.717) is 22.1 Å². The van der Waals surface area contributed by atoms with Gasteiger partial charge < -0.3 is 4.74 Å². The van der Waals surface area contributed by atoms with Crippen LogP contribution in [-0.4, -0.2) is 16.9 Å². The number of ketones is 1. The quantitative estimate of drug-likeness (QED) is 0.474. The number of rotatable bonds is 6. The summed E-state index contributed by atoms with van der Waals surface area (Å²) in [6.07, 6.45) is 2.94. The molecule has 0 saturated carbocycles. The molecule has 2 aromatic rings. The van der Waals surface area contributed by atoms with Gasteiger partial charge in [0.15, 0.2) is 0 Å². The maximum atomic E-state index is 11.3. The summed E-state index contributed by atoms with van der Waals surface area (Å²) >= 11 is 5.94. The highest BCUT2D eigenvalue weighted by Gasteiger charge is 2.07. The molecule has 24 heavy (non-hydrogen) atoms. The number of ether oxygens (including phenoxy) is 1. The lowest BCUT2D eigenvalue weighted by Crippen LogP contribution is -2.14. The molecule has 6 heteroatoms. The number of hydrogen-bond acceptors (Lipinski definition) is 4. The second-order valence-electron chi connectivity index (χ2n) is 5.12. The van der Waals surface area contributed by atoms with Crippen molar-refractivity contribution in [3.63, 3.8) is 0 Å². The summed E-state index contributed by atoms with van der Waals surface area (Å²) in [6.45, 7) is 1.51. The average molecular weight is 346 g/mol. The molecule has 0 saturated heterocycles. The van der Waals surface area contributed by atoms with Crippen LogP contribution in [0.5, 0.6) is 11.5 Å². The van der Waals surface area contributed by atoms with E-state index in [1.54, 1.807) is 42.5 Å². The Labute approximate surface area is 144 Å². The first-order valence-corrected chi connectivity index (χ1v) is 7.53. The molecule has 0 aromatic heterocycles. The van der Waals surface area contributed by atoms with E-state index in [4.69, 9.17) is 21.5 Å². The number of hydroxylamine groups is 1. The predicted octanol–water partition coefficient (Wildman–Crippen LogP) is 3.78. The summed E-state index contributed by atoms with van der Waals surface area (Å²) in [4.78, 5) is 22.5. The Morgan fingerprint density at radius 3 is 2.71 bits per heavy atom. The number of amides is 1. The molecule has 0 spiro atoms. The molecule has 0 heterocycles. The Kier molecular flexibility index (Phi) is 6.12. The summed E-state index contributed by atoms with van der Waals surface area (Å²) in [5.74, 6) is 0.400. The lowest BCUT2D eigenvalue weighted by atomic mass is 10.0. The fourth-order valence-electron chi connectivity index (χ4n) is 2.08. The number of nitrogens with one attached hydrogen (secondary N) is 1. The number of carbonyl (C=O) groups excluding carboxylic acids is 2. The Hall–Kier alpha value is -2.63. The highest BCUT2D eigenvalue weighted by Crippen LogP contribution is 2.29. The van der Waals surface area contributed by atoms with Crippen molar-refractivity contribution in [3.8, 4) is 11.5 Å². The third-order valence-electron chi connectivity index (χ3n) is 3.08. The minimum atomic E-state index is -0.666. The van der Waals surface area contributed by atoms with Gasteiger partial charge in [-0.1, -0.05) is 23.7 Å². The number of carbonyl (C=O) groups is 2. The average Bonchev–Trinajstić information content (AvgIpc) is 2.54. The van der Waals surface area contributed by atoms with E-state index >= 15 is 0 Å². The van der Waals surface area contributed by atoms with Gasteiger partial charge in [0.25, 0.3) is 5.91 Å². The smallest absolute Gasteiger partial charge is 0.267 e. The number of benzene rings is 2. The highest BCUT2D eigenvalue weighted by molar-refractivity contribution is 6.30. The zero-order chi connectivity index (χ0) is 17.5. The summed E-state index contributed by atoms with van der Waals surface area (Å²) in [5.41, 5.74) is 2.91. The van der Waals surface area contributed by atoms with Gasteiger partial charge >= 0.3 is 0 Å². The first-order valence-electron chi connectivity index (χ1n) is 7.16. The maximum Gasteiger partial charge on any atom is 0.267 e. The van der Waals surface area contributed by atoms with E-state index in [1.807, 2.05) is 0 Å². The largest absolute Gasteiger partial charge is 0.457 e. The van der Waals surface area contributed by atoms with Crippen LogP contribution in [0.15, 0.2) is 48.5 Å². The summed E-state index contributed by atoms with van der Waals surface area (Å²) in [5, 5.41) is 9.12. The van der Waals surface area contributed by atoms with Gasteiger partial charge in [-0.25, -0.2) is 5.48 Å². The zero-order valence-corrected chi connectivity index (χ0v) is 13.7. The van der Waals surface area contributed by atoms with E-state index in [2.05, 4.69) is 0 Å². The fraction of sp³-hybridized carbons (Fsp3) is 0.111. The Morgan fingerprint density at radius 2 is 2.04 bits per heavy atom. The molecule has 1 amide bonds. The molecule has 5 nitrogen and oxygen atoms in total. The SMILES string of the molecule is CC(=O)Cc1ccc(Oc2cccc(Cl)c2)c(/C=C/C(=O)NO)c1. The number of halogens is 1. The van der Waals surface area contributed by atoms with E-state index in [1.165, 1.54) is 18.5 Å². The van der Waals surface area contributed by atoms with Crippen molar-refractivity contribution in [1.82, 2.24) is 5.48 Å². The first kappa shape index (κ1) is 17.7. The summed E-state index contributed by atoms with van der Waals surface area (Å²) in [6, 6.07) is 12.2. The highest BCUT2D eigenvalue weighted by atomic mass is 35.5. The molecule has 0 bridgehead atoms. The molecule has 0 unspecified atom stereocenters. The molecule has 0 atom stereocenters. The van der Waals surface area contributed by atoms with Crippen molar-refractivity contribution in [2.45, 2.75) is 13.3 Å². The molecule has 0 radical (unpaired) electrons. The predicted molar refractivity (Wildman–Crippen MR) is 91.3 cm³/mol. The zero-order valence-electron chi connectivity index (χ0n) is 13.0. The minimum Gasteiger partial charge on any atom is -0.457 e. The van der Waals surface area contributed by atoms with Crippen molar-refractivity contribution in [1.29, 1.82) is 0 Å². The van der Waals surface area contributed by atoms with E-state index < -0.39 is 5.91 Å². The third kappa shape index (κ3) is 5.22. The van der Waals surface area contributed by atoms with Crippen LogP contribution < -0.4 is 10.2 Å². The van der Waals surface area contributed by atoms with Crippen LogP contribution in [0, 0.1) is 0 Å². The van der Waals surface area contributed by atoms with E-state index in [9.17, 15) is 9.59 Å². The molecule has 0 aliphatic rings. The van der Waals surface area contributed by atoms with E-state index in [-0.39, 0.29) is 12.2 Å². The van der Waals surface area contributed by atoms with Gasteiger partial charge in [0.1, 0.15) is 17.3 Å². The number of Topliss-reactive ketones (excluding diaryl/α,β-unsaturated/α-hetero) is 1. The van der Waals surface area contributed by atoms with Crippen LogP contribution >= 0.6 is 11.6 Å². The topological polar surface area (TPSA) is 75.6 Å². The fourth-order valence-corrected chi connectivity index (χ4v) is 2.26. The van der Waals surface area contributed by atoms with Gasteiger partial charge in [-0.3, -0.25) is 14.8 Å². The number of hydrogen-bond donors (Lipinski definition) is 2. The van der Waals surface area contributed by atoms with Crippen LogP contribution in [0.3, 0.4) is 0 Å². The molecule has 0 aliphatic heterocycles. The van der Waals surface area contributed by atoms with Gasteiger partial charge in [-0.2, -0.15) is 0 Å². The Bertz CT molecular complexity index is 786. The van der Waals surface area contributed by atoms with Gasteiger partial charge in [0, 0.05) is 23.1 Å². The van der Waals surface area contributed by atoms with Gasteiger partial charge in [-0.05, 0) is 48.9 Å². The van der Waals surface area contributed by atoms with Crippen molar-refractivity contribution >= 4 is 29.4 Å². The van der Waals surface area contributed by atoms with E-state index in [0.717, 1.165) is 11.6 Å². The van der Waals surface area contributed by atoms with Crippen molar-refractivity contribution in [2.75, 3.05) is 0 Å². The molecular formula is C18H16ClNO4. The molecular weight excluding hydrogens is 330 g/mol. The molecule has 0 aliphatic carbocycles. The van der Waals surface area contributed by atoms with Crippen LogP contribution in [-0.2, 0) is 16.0 Å². The van der Waals surface area contributed by atoms with Crippen molar-refractivity contribution < 1.29 is 19.5 Å². The normalized spacial score (nSPS) is 10.6. The minimum absolute atomic E-state index is 0.0292.